The van der Waals surface area contributed by atoms with Crippen LogP contribution in [0.1, 0.15) is 53.4 Å². The van der Waals surface area contributed by atoms with Gasteiger partial charge in [-0.05, 0) is 31.0 Å². The van der Waals surface area contributed by atoms with Crippen LogP contribution in [0.15, 0.2) is 0 Å². The van der Waals surface area contributed by atoms with Crippen LogP contribution in [0.5, 0.6) is 0 Å². The monoisotopic (exact) mass is 346 g/mol. The molecule has 0 heterocycles. The normalized spacial score (nSPS) is 23.1. The van der Waals surface area contributed by atoms with Crippen LogP contribution in [0.25, 0.3) is 0 Å². The second-order valence-corrected chi connectivity index (χ2v) is 13.1. The summed E-state index contributed by atoms with van der Waals surface area (Å²) in [6, 6.07) is 0. The third-order valence-electron chi connectivity index (χ3n) is 5.49. The third-order valence-corrected chi connectivity index (χ3v) is 10.0. The summed E-state index contributed by atoms with van der Waals surface area (Å²) in [5, 5.41) is 21.1. The van der Waals surface area contributed by atoms with Crippen LogP contribution in [0.4, 0.5) is 0 Å². The average molecular weight is 347 g/mol. The van der Waals surface area contributed by atoms with Gasteiger partial charge in [-0.1, -0.05) is 27.2 Å². The smallest absolute Gasteiger partial charge is 0.302 e. The Bertz CT molecular complexity index is 400. The number of hydrogen-bond acceptors (Lipinski definition) is 5. The van der Waals surface area contributed by atoms with E-state index in [1.54, 1.807) is 0 Å². The zero-order valence-corrected chi connectivity index (χ0v) is 16.5. The number of esters is 1. The Hall–Kier alpha value is -0.433. The topological polar surface area (TPSA) is 76.0 Å². The van der Waals surface area contributed by atoms with Crippen molar-refractivity contribution in [2.75, 3.05) is 13.2 Å². The molecule has 0 bridgehead atoms. The summed E-state index contributed by atoms with van der Waals surface area (Å²) in [6.45, 7) is 12.8. The predicted octanol–water partition coefficient (Wildman–Crippen LogP) is 3.06. The lowest BCUT2D eigenvalue weighted by molar-refractivity contribution is -0.218. The highest BCUT2D eigenvalue weighted by molar-refractivity contribution is 6.74. The van der Waals surface area contributed by atoms with Crippen LogP contribution in [-0.4, -0.2) is 43.5 Å². The highest BCUT2D eigenvalue weighted by atomic mass is 28.4. The Kier molecular flexibility index (Phi) is 6.84. The largest absolute Gasteiger partial charge is 0.466 e. The van der Waals surface area contributed by atoms with Crippen molar-refractivity contribution < 1.29 is 24.2 Å². The van der Waals surface area contributed by atoms with Crippen molar-refractivity contribution in [3.8, 4) is 0 Å². The Morgan fingerprint density at radius 3 is 2.35 bits per heavy atom. The lowest BCUT2D eigenvalue weighted by atomic mass is 9.86. The Labute approximate surface area is 141 Å². The van der Waals surface area contributed by atoms with Crippen molar-refractivity contribution in [1.29, 1.82) is 0 Å². The van der Waals surface area contributed by atoms with E-state index in [0.29, 0.717) is 6.61 Å². The minimum atomic E-state index is -1.88. The van der Waals surface area contributed by atoms with Crippen molar-refractivity contribution in [3.05, 3.63) is 0 Å². The fraction of sp³-hybridized carbons (Fsp3) is 0.941. The molecule has 0 saturated heterocycles. The molecule has 5 nitrogen and oxygen atoms in total. The number of aliphatic hydroxyl groups is 2. The van der Waals surface area contributed by atoms with Gasteiger partial charge in [0, 0.05) is 31.8 Å². The number of ether oxygens (including phenoxy) is 1. The molecule has 1 aliphatic rings. The van der Waals surface area contributed by atoms with Crippen LogP contribution in [0, 0.1) is 11.8 Å². The fourth-order valence-electron chi connectivity index (χ4n) is 2.93. The Balaban J connectivity index is 2.56. The molecule has 0 aromatic carbocycles. The zero-order chi connectivity index (χ0) is 17.9. The van der Waals surface area contributed by atoms with Gasteiger partial charge in [0.25, 0.3) is 0 Å². The van der Waals surface area contributed by atoms with Gasteiger partial charge in [0.15, 0.2) is 14.1 Å². The molecule has 2 N–H and O–H groups in total. The lowest BCUT2D eigenvalue weighted by Gasteiger charge is -2.38. The summed E-state index contributed by atoms with van der Waals surface area (Å²) in [4.78, 5) is 11.0. The Morgan fingerprint density at radius 2 is 1.83 bits per heavy atom. The molecule has 0 radical (unpaired) electrons. The van der Waals surface area contributed by atoms with E-state index in [9.17, 15) is 15.0 Å². The molecule has 23 heavy (non-hydrogen) atoms. The van der Waals surface area contributed by atoms with E-state index in [4.69, 9.17) is 9.16 Å². The minimum absolute atomic E-state index is 0.0155. The van der Waals surface area contributed by atoms with E-state index in [1.807, 2.05) is 0 Å². The summed E-state index contributed by atoms with van der Waals surface area (Å²) in [7, 11) is -1.88. The zero-order valence-electron chi connectivity index (χ0n) is 15.5. The summed E-state index contributed by atoms with van der Waals surface area (Å²) >= 11 is 0. The van der Waals surface area contributed by atoms with Crippen LogP contribution in [0.3, 0.4) is 0 Å². The SMILES string of the molecule is CC(=O)OCC1CCCC1C(O)(O)CCO[Si](C)(C)C(C)(C)C. The van der Waals surface area contributed by atoms with Gasteiger partial charge in [-0.25, -0.2) is 0 Å². The first kappa shape index (κ1) is 20.6. The fourth-order valence-corrected chi connectivity index (χ4v) is 3.97. The highest BCUT2D eigenvalue weighted by Gasteiger charge is 2.44. The summed E-state index contributed by atoms with van der Waals surface area (Å²) in [5.74, 6) is -2.33. The first-order valence-electron chi connectivity index (χ1n) is 8.59. The molecule has 1 saturated carbocycles. The van der Waals surface area contributed by atoms with Crippen molar-refractivity contribution in [1.82, 2.24) is 0 Å². The van der Waals surface area contributed by atoms with Crippen LogP contribution < -0.4 is 0 Å². The molecule has 0 aliphatic heterocycles. The molecule has 1 aliphatic carbocycles. The molecule has 0 aromatic heterocycles. The van der Waals surface area contributed by atoms with E-state index in [1.165, 1.54) is 6.92 Å². The first-order chi connectivity index (χ1) is 10.4. The Morgan fingerprint density at radius 1 is 1.22 bits per heavy atom. The van der Waals surface area contributed by atoms with Crippen molar-refractivity contribution in [2.45, 2.75) is 77.3 Å². The van der Waals surface area contributed by atoms with Crippen LogP contribution >= 0.6 is 0 Å². The van der Waals surface area contributed by atoms with E-state index < -0.39 is 14.1 Å². The van der Waals surface area contributed by atoms with Gasteiger partial charge < -0.3 is 19.4 Å². The van der Waals surface area contributed by atoms with Gasteiger partial charge in [0.05, 0.1) is 6.61 Å². The molecule has 0 aromatic rings. The van der Waals surface area contributed by atoms with E-state index in [-0.39, 0.29) is 35.9 Å². The summed E-state index contributed by atoms with van der Waals surface area (Å²) < 4.78 is 11.1. The molecule has 1 rings (SSSR count). The molecule has 0 spiro atoms. The third kappa shape index (κ3) is 5.85. The maximum Gasteiger partial charge on any atom is 0.302 e. The van der Waals surface area contributed by atoms with Crippen molar-refractivity contribution in [2.24, 2.45) is 11.8 Å². The maximum atomic E-state index is 11.0. The molecule has 2 unspecified atom stereocenters. The average Bonchev–Trinajstić information content (AvgIpc) is 2.83. The van der Waals surface area contributed by atoms with Gasteiger partial charge in [-0.15, -0.1) is 0 Å². The molecular weight excluding hydrogens is 312 g/mol. The van der Waals surface area contributed by atoms with Crippen molar-refractivity contribution >= 4 is 14.3 Å². The summed E-state index contributed by atoms with van der Waals surface area (Å²) in [5.41, 5.74) is 0. The summed E-state index contributed by atoms with van der Waals surface area (Å²) in [6.07, 6.45) is 2.74. The number of rotatable bonds is 7. The quantitative estimate of drug-likeness (QED) is 0.421. The van der Waals surface area contributed by atoms with Crippen molar-refractivity contribution in [3.63, 3.8) is 0 Å². The molecule has 136 valence electrons. The van der Waals surface area contributed by atoms with Gasteiger partial charge in [0.1, 0.15) is 0 Å². The molecule has 6 heteroatoms. The maximum absolute atomic E-state index is 11.0. The van der Waals surface area contributed by atoms with Gasteiger partial charge in [0.2, 0.25) is 0 Å². The first-order valence-corrected chi connectivity index (χ1v) is 11.5. The van der Waals surface area contributed by atoms with E-state index in [0.717, 1.165) is 19.3 Å². The standard InChI is InChI=1S/C17H34O5Si/c1-13(18)21-12-14-8-7-9-15(14)17(19,20)10-11-22-23(5,6)16(2,3)4/h14-15,19-20H,7-12H2,1-6H3. The molecule has 0 amide bonds. The molecule has 2 atom stereocenters. The second-order valence-electron chi connectivity index (χ2n) is 8.34. The second kappa shape index (κ2) is 7.63. The predicted molar refractivity (Wildman–Crippen MR) is 92.4 cm³/mol. The highest BCUT2D eigenvalue weighted by Crippen LogP contribution is 2.41. The molecular formula is C17H34O5Si. The number of hydrogen-bond donors (Lipinski definition) is 2. The van der Waals surface area contributed by atoms with Gasteiger partial charge in [-0.2, -0.15) is 0 Å². The van der Waals surface area contributed by atoms with E-state index >= 15 is 0 Å². The lowest BCUT2D eigenvalue weighted by Crippen LogP contribution is -2.45. The molecule has 1 fully saturated rings. The van der Waals surface area contributed by atoms with E-state index in [2.05, 4.69) is 33.9 Å². The number of carbonyl (C=O) groups excluding carboxylic acids is 1. The van der Waals surface area contributed by atoms with Crippen LogP contribution in [-0.2, 0) is 14.0 Å². The minimum Gasteiger partial charge on any atom is -0.466 e. The van der Waals surface area contributed by atoms with Gasteiger partial charge >= 0.3 is 5.97 Å². The number of carbonyl (C=O) groups is 1. The van der Waals surface area contributed by atoms with Crippen LogP contribution in [0.2, 0.25) is 18.1 Å². The van der Waals surface area contributed by atoms with Gasteiger partial charge in [-0.3, -0.25) is 4.79 Å².